The van der Waals surface area contributed by atoms with Gasteiger partial charge in [-0.25, -0.2) is 0 Å². The number of carbonyl (C=O) groups is 1. The van der Waals surface area contributed by atoms with Gasteiger partial charge in [-0.3, -0.25) is 4.79 Å². The van der Waals surface area contributed by atoms with Crippen LogP contribution in [-0.2, 0) is 0 Å². The normalized spacial score (nSPS) is 9.36. The predicted molar refractivity (Wildman–Crippen MR) is 58.3 cm³/mol. The second-order valence-corrected chi connectivity index (χ2v) is 3.64. The van der Waals surface area contributed by atoms with Crippen LogP contribution in [-0.4, -0.2) is 5.91 Å². The molecule has 1 aromatic rings. The molecule has 0 aliphatic carbocycles. The molecule has 0 atom stereocenters. The maximum Gasteiger partial charge on any atom is 0.255 e. The fourth-order valence-corrected chi connectivity index (χ4v) is 1.02. The summed E-state index contributed by atoms with van der Waals surface area (Å²) in [5.41, 5.74) is 1.65. The monoisotopic (exact) mass is 209 g/mol. The van der Waals surface area contributed by atoms with Crippen LogP contribution in [0.25, 0.3) is 0 Å². The van der Waals surface area contributed by atoms with Crippen molar-refractivity contribution < 1.29 is 4.79 Å². The number of allylic oxidation sites excluding steroid dienone is 1. The van der Waals surface area contributed by atoms with Gasteiger partial charge in [0.25, 0.3) is 5.91 Å². The molecular formula is C11H12ClNO. The van der Waals surface area contributed by atoms with Crippen molar-refractivity contribution in [2.24, 2.45) is 0 Å². The number of hydrogen-bond donors (Lipinski definition) is 1. The Hall–Kier alpha value is -1.28. The lowest BCUT2D eigenvalue weighted by atomic mass is 10.2. The van der Waals surface area contributed by atoms with Crippen molar-refractivity contribution >= 4 is 17.5 Å². The Morgan fingerprint density at radius 3 is 2.36 bits per heavy atom. The van der Waals surface area contributed by atoms with E-state index in [1.165, 1.54) is 0 Å². The molecule has 0 bridgehead atoms. The standard InChI is InChI=1S/C11H12ClNO/c1-8(2)7-13-11(14)9-3-5-10(12)6-4-9/h3-7H,1-2H3,(H,13,14). The molecule has 0 aliphatic heterocycles. The molecule has 1 rings (SSSR count). The molecule has 0 unspecified atom stereocenters. The molecule has 0 aliphatic rings. The first-order chi connectivity index (χ1) is 6.59. The SMILES string of the molecule is CC(C)=CNC(=O)c1ccc(Cl)cc1. The molecule has 74 valence electrons. The lowest BCUT2D eigenvalue weighted by Gasteiger charge is -2.00. The summed E-state index contributed by atoms with van der Waals surface area (Å²) < 4.78 is 0. The number of rotatable bonds is 2. The summed E-state index contributed by atoms with van der Waals surface area (Å²) in [5, 5.41) is 3.30. The summed E-state index contributed by atoms with van der Waals surface area (Å²) in [6, 6.07) is 6.77. The Morgan fingerprint density at radius 2 is 1.86 bits per heavy atom. The average molecular weight is 210 g/mol. The number of nitrogens with one attached hydrogen (secondary N) is 1. The van der Waals surface area contributed by atoms with Gasteiger partial charge in [0, 0.05) is 16.8 Å². The molecule has 0 saturated carbocycles. The third-order valence-electron chi connectivity index (χ3n) is 1.60. The van der Waals surface area contributed by atoms with Gasteiger partial charge in [0.15, 0.2) is 0 Å². The van der Waals surface area contributed by atoms with E-state index in [0.717, 1.165) is 5.57 Å². The first-order valence-electron chi connectivity index (χ1n) is 4.29. The van der Waals surface area contributed by atoms with E-state index < -0.39 is 0 Å². The first-order valence-corrected chi connectivity index (χ1v) is 4.67. The van der Waals surface area contributed by atoms with Gasteiger partial charge in [-0.05, 0) is 38.1 Å². The zero-order chi connectivity index (χ0) is 10.6. The number of carbonyl (C=O) groups excluding carboxylic acids is 1. The molecule has 0 spiro atoms. The van der Waals surface area contributed by atoms with Crippen LogP contribution in [0.3, 0.4) is 0 Å². The molecular weight excluding hydrogens is 198 g/mol. The number of halogens is 1. The molecule has 0 heterocycles. The molecule has 2 nitrogen and oxygen atoms in total. The zero-order valence-corrected chi connectivity index (χ0v) is 8.93. The maximum atomic E-state index is 11.5. The van der Waals surface area contributed by atoms with Gasteiger partial charge in [-0.15, -0.1) is 0 Å². The molecule has 0 aromatic heterocycles. The Labute approximate surface area is 88.6 Å². The van der Waals surface area contributed by atoms with Gasteiger partial charge < -0.3 is 5.32 Å². The zero-order valence-electron chi connectivity index (χ0n) is 8.17. The van der Waals surface area contributed by atoms with E-state index in [-0.39, 0.29) is 5.91 Å². The third-order valence-corrected chi connectivity index (χ3v) is 1.85. The van der Waals surface area contributed by atoms with Crippen molar-refractivity contribution in [3.05, 3.63) is 46.6 Å². The van der Waals surface area contributed by atoms with E-state index in [9.17, 15) is 4.79 Å². The highest BCUT2D eigenvalue weighted by Crippen LogP contribution is 2.09. The van der Waals surface area contributed by atoms with Crippen molar-refractivity contribution in [1.82, 2.24) is 5.32 Å². The summed E-state index contributed by atoms with van der Waals surface area (Å²) in [6.07, 6.45) is 1.68. The van der Waals surface area contributed by atoms with Gasteiger partial charge in [0.1, 0.15) is 0 Å². The predicted octanol–water partition coefficient (Wildman–Crippen LogP) is 2.99. The third kappa shape index (κ3) is 3.23. The van der Waals surface area contributed by atoms with E-state index in [1.54, 1.807) is 30.5 Å². The first kappa shape index (κ1) is 10.8. The van der Waals surface area contributed by atoms with E-state index in [4.69, 9.17) is 11.6 Å². The average Bonchev–Trinajstić information content (AvgIpc) is 2.15. The van der Waals surface area contributed by atoms with Crippen LogP contribution in [0.15, 0.2) is 36.0 Å². The van der Waals surface area contributed by atoms with Gasteiger partial charge in [0.2, 0.25) is 0 Å². The lowest BCUT2D eigenvalue weighted by Crippen LogP contribution is -2.17. The van der Waals surface area contributed by atoms with E-state index in [0.29, 0.717) is 10.6 Å². The summed E-state index contributed by atoms with van der Waals surface area (Å²) in [7, 11) is 0. The fourth-order valence-electron chi connectivity index (χ4n) is 0.894. The van der Waals surface area contributed by atoms with Crippen molar-refractivity contribution in [1.29, 1.82) is 0 Å². The minimum atomic E-state index is -0.122. The molecule has 1 amide bonds. The van der Waals surface area contributed by atoms with E-state index in [1.807, 2.05) is 13.8 Å². The molecule has 0 saturated heterocycles. The fraction of sp³-hybridized carbons (Fsp3) is 0.182. The molecule has 1 N–H and O–H groups in total. The van der Waals surface area contributed by atoms with E-state index >= 15 is 0 Å². The van der Waals surface area contributed by atoms with Crippen LogP contribution in [0.1, 0.15) is 24.2 Å². The molecule has 3 heteroatoms. The summed E-state index contributed by atoms with van der Waals surface area (Å²) in [5.74, 6) is -0.122. The van der Waals surface area contributed by atoms with Gasteiger partial charge in [-0.1, -0.05) is 17.2 Å². The maximum absolute atomic E-state index is 11.5. The molecule has 1 aromatic carbocycles. The van der Waals surface area contributed by atoms with Crippen LogP contribution in [0.5, 0.6) is 0 Å². The number of hydrogen-bond acceptors (Lipinski definition) is 1. The highest BCUT2D eigenvalue weighted by molar-refractivity contribution is 6.30. The van der Waals surface area contributed by atoms with Crippen molar-refractivity contribution in [3.8, 4) is 0 Å². The lowest BCUT2D eigenvalue weighted by molar-refractivity contribution is 0.0970. The van der Waals surface area contributed by atoms with Gasteiger partial charge >= 0.3 is 0 Å². The summed E-state index contributed by atoms with van der Waals surface area (Å²) in [4.78, 5) is 11.5. The Morgan fingerprint density at radius 1 is 1.29 bits per heavy atom. The molecule has 0 fully saturated rings. The summed E-state index contributed by atoms with van der Waals surface area (Å²) >= 11 is 5.70. The Balaban J connectivity index is 2.70. The number of benzene rings is 1. The second-order valence-electron chi connectivity index (χ2n) is 3.20. The van der Waals surface area contributed by atoms with Gasteiger partial charge in [0.05, 0.1) is 0 Å². The topological polar surface area (TPSA) is 29.1 Å². The molecule has 14 heavy (non-hydrogen) atoms. The van der Waals surface area contributed by atoms with Crippen LogP contribution in [0.4, 0.5) is 0 Å². The number of amides is 1. The second kappa shape index (κ2) is 4.82. The van der Waals surface area contributed by atoms with Crippen LogP contribution >= 0.6 is 11.6 Å². The van der Waals surface area contributed by atoms with Crippen LogP contribution in [0, 0.1) is 0 Å². The highest BCUT2D eigenvalue weighted by Gasteiger charge is 2.01. The minimum absolute atomic E-state index is 0.122. The Kier molecular flexibility index (Phi) is 3.72. The minimum Gasteiger partial charge on any atom is -0.329 e. The molecule has 0 radical (unpaired) electrons. The van der Waals surface area contributed by atoms with Crippen molar-refractivity contribution in [2.45, 2.75) is 13.8 Å². The van der Waals surface area contributed by atoms with Crippen molar-refractivity contribution in [3.63, 3.8) is 0 Å². The summed E-state index contributed by atoms with van der Waals surface area (Å²) in [6.45, 7) is 3.84. The van der Waals surface area contributed by atoms with Gasteiger partial charge in [-0.2, -0.15) is 0 Å². The van der Waals surface area contributed by atoms with E-state index in [2.05, 4.69) is 5.32 Å². The largest absolute Gasteiger partial charge is 0.329 e. The quantitative estimate of drug-likeness (QED) is 0.797. The highest BCUT2D eigenvalue weighted by atomic mass is 35.5. The van der Waals surface area contributed by atoms with Crippen LogP contribution < -0.4 is 5.32 Å². The Bertz CT molecular complexity index is 350. The van der Waals surface area contributed by atoms with Crippen molar-refractivity contribution in [2.75, 3.05) is 0 Å². The smallest absolute Gasteiger partial charge is 0.255 e. The van der Waals surface area contributed by atoms with Crippen LogP contribution in [0.2, 0.25) is 5.02 Å².